The average Bonchev–Trinajstić information content (AvgIpc) is 1.97. The molecule has 0 spiro atoms. The first-order valence-corrected chi connectivity index (χ1v) is 5.23. The minimum absolute atomic E-state index is 0. The average molecular weight is 241 g/mol. The van der Waals surface area contributed by atoms with Gasteiger partial charge in [0, 0.05) is 16.5 Å². The predicted octanol–water partition coefficient (Wildman–Crippen LogP) is 1.94. The van der Waals surface area contributed by atoms with Crippen LogP contribution in [0.25, 0.3) is 0 Å². The third-order valence-corrected chi connectivity index (χ3v) is 1.93. The van der Waals surface area contributed by atoms with Crippen LogP contribution in [-0.2, 0) is 30.1 Å². The van der Waals surface area contributed by atoms with Gasteiger partial charge in [0.1, 0.15) is 0 Å². The number of phosphoric ester groups is 1. The minimum atomic E-state index is -3.73. The number of rotatable bonds is 6. The molecule has 78 valence electrons. The molecule has 0 heterocycles. The summed E-state index contributed by atoms with van der Waals surface area (Å²) in [7, 11) is -3.73. The van der Waals surface area contributed by atoms with Crippen molar-refractivity contribution >= 4 is 7.82 Å². The second-order valence-corrected chi connectivity index (χ2v) is 3.59. The summed E-state index contributed by atoms with van der Waals surface area (Å²) in [4.78, 5) is 8.89. The molecule has 0 saturated heterocycles. The Hall–Kier alpha value is 0.604. The summed E-state index contributed by atoms with van der Waals surface area (Å²) in [6.45, 7) is 4.24. The zero-order valence-electron chi connectivity index (χ0n) is 7.26. The Morgan fingerprint density at radius 3 is 1.75 bits per heavy atom. The smallest absolute Gasteiger partial charge is 0.302 e. The van der Waals surface area contributed by atoms with Crippen LogP contribution in [0.3, 0.4) is 0 Å². The van der Waals surface area contributed by atoms with E-state index in [0.717, 1.165) is 0 Å². The van der Waals surface area contributed by atoms with Gasteiger partial charge in [0.25, 0.3) is 0 Å². The standard InChI is InChI=1S/C6H15O4P.Ni/c1-3-5-9-11(7,8)10-6-4-2;/h3-6H2,1-2H3,(H,7,8);. The summed E-state index contributed by atoms with van der Waals surface area (Å²) in [5.74, 6) is 0. The molecule has 0 aromatic heterocycles. The quantitative estimate of drug-likeness (QED) is 0.570. The van der Waals surface area contributed by atoms with Crippen molar-refractivity contribution in [3.63, 3.8) is 0 Å². The first kappa shape index (κ1) is 15.1. The molecule has 0 aliphatic carbocycles. The molecule has 12 heavy (non-hydrogen) atoms. The fraction of sp³-hybridized carbons (Fsp3) is 1.00. The van der Waals surface area contributed by atoms with Gasteiger partial charge in [-0.25, -0.2) is 4.57 Å². The maximum atomic E-state index is 10.8. The molecular formula is C6H15NiO4P. The van der Waals surface area contributed by atoms with E-state index in [1.54, 1.807) is 0 Å². The van der Waals surface area contributed by atoms with Crippen LogP contribution < -0.4 is 0 Å². The molecule has 1 N–H and O–H groups in total. The number of hydrogen-bond donors (Lipinski definition) is 1. The minimum Gasteiger partial charge on any atom is -0.302 e. The van der Waals surface area contributed by atoms with Crippen molar-refractivity contribution in [3.05, 3.63) is 0 Å². The Kier molecular flexibility index (Phi) is 10.3. The van der Waals surface area contributed by atoms with E-state index in [0.29, 0.717) is 12.8 Å². The van der Waals surface area contributed by atoms with E-state index in [1.807, 2.05) is 13.8 Å². The maximum Gasteiger partial charge on any atom is 0.472 e. The van der Waals surface area contributed by atoms with Crippen LogP contribution in [0.15, 0.2) is 0 Å². The summed E-state index contributed by atoms with van der Waals surface area (Å²) < 4.78 is 20.0. The van der Waals surface area contributed by atoms with Crippen LogP contribution in [-0.4, -0.2) is 18.1 Å². The van der Waals surface area contributed by atoms with Crippen molar-refractivity contribution in [1.29, 1.82) is 0 Å². The fourth-order valence-electron chi connectivity index (χ4n) is 0.451. The number of phosphoric acid groups is 1. The summed E-state index contributed by atoms with van der Waals surface area (Å²) in [5.41, 5.74) is 0. The van der Waals surface area contributed by atoms with Crippen molar-refractivity contribution in [1.82, 2.24) is 0 Å². The summed E-state index contributed by atoms with van der Waals surface area (Å²) in [6, 6.07) is 0. The van der Waals surface area contributed by atoms with Gasteiger partial charge in [0.05, 0.1) is 13.2 Å². The first-order chi connectivity index (χ1) is 5.12. The monoisotopic (exact) mass is 240 g/mol. The molecular weight excluding hydrogens is 226 g/mol. The molecule has 0 aliphatic rings. The van der Waals surface area contributed by atoms with Gasteiger partial charge in [-0.2, -0.15) is 0 Å². The SMILES string of the molecule is CCCOP(=O)(O)OCCC.[Ni]. The molecule has 0 atom stereocenters. The molecule has 0 amide bonds. The van der Waals surface area contributed by atoms with Gasteiger partial charge in [-0.15, -0.1) is 0 Å². The zero-order valence-corrected chi connectivity index (χ0v) is 9.15. The van der Waals surface area contributed by atoms with Crippen molar-refractivity contribution in [2.45, 2.75) is 26.7 Å². The Morgan fingerprint density at radius 2 is 1.50 bits per heavy atom. The van der Waals surface area contributed by atoms with E-state index >= 15 is 0 Å². The summed E-state index contributed by atoms with van der Waals surface area (Å²) >= 11 is 0. The maximum absolute atomic E-state index is 10.8. The summed E-state index contributed by atoms with van der Waals surface area (Å²) in [5, 5.41) is 0. The third kappa shape index (κ3) is 8.70. The molecule has 0 radical (unpaired) electrons. The van der Waals surface area contributed by atoms with Gasteiger partial charge in [-0.3, -0.25) is 9.05 Å². The molecule has 0 aromatic rings. The van der Waals surface area contributed by atoms with Crippen molar-refractivity contribution < 1.29 is 35.0 Å². The first-order valence-electron chi connectivity index (χ1n) is 3.74. The Bertz CT molecular complexity index is 130. The van der Waals surface area contributed by atoms with Crippen LogP contribution in [0, 0.1) is 0 Å². The molecule has 0 saturated carbocycles. The zero-order chi connectivity index (χ0) is 8.74. The summed E-state index contributed by atoms with van der Waals surface area (Å²) in [6.07, 6.45) is 1.42. The van der Waals surface area contributed by atoms with Crippen LogP contribution >= 0.6 is 7.82 Å². The van der Waals surface area contributed by atoms with Gasteiger partial charge in [0.2, 0.25) is 0 Å². The van der Waals surface area contributed by atoms with Crippen molar-refractivity contribution in [3.8, 4) is 0 Å². The molecule has 0 fully saturated rings. The fourth-order valence-corrected chi connectivity index (χ4v) is 1.35. The molecule has 6 heteroatoms. The molecule has 0 bridgehead atoms. The van der Waals surface area contributed by atoms with Gasteiger partial charge in [-0.1, -0.05) is 13.8 Å². The Balaban J connectivity index is 0. The van der Waals surface area contributed by atoms with E-state index in [4.69, 9.17) is 4.89 Å². The van der Waals surface area contributed by atoms with Gasteiger partial charge >= 0.3 is 7.82 Å². The third-order valence-electron chi connectivity index (χ3n) is 0.917. The van der Waals surface area contributed by atoms with E-state index in [1.165, 1.54) is 0 Å². The largest absolute Gasteiger partial charge is 0.472 e. The van der Waals surface area contributed by atoms with Crippen molar-refractivity contribution in [2.24, 2.45) is 0 Å². The van der Waals surface area contributed by atoms with Gasteiger partial charge in [0.15, 0.2) is 0 Å². The molecule has 0 aliphatic heterocycles. The second kappa shape index (κ2) is 8.21. The van der Waals surface area contributed by atoms with E-state index in [9.17, 15) is 4.57 Å². The molecule has 0 unspecified atom stereocenters. The number of hydrogen-bond acceptors (Lipinski definition) is 3. The van der Waals surface area contributed by atoms with E-state index in [2.05, 4.69) is 9.05 Å². The Morgan fingerprint density at radius 1 is 1.17 bits per heavy atom. The van der Waals surface area contributed by atoms with Crippen LogP contribution in [0.2, 0.25) is 0 Å². The Labute approximate surface area is 83.2 Å². The molecule has 0 aromatic carbocycles. The second-order valence-electron chi connectivity index (χ2n) is 2.14. The van der Waals surface area contributed by atoms with E-state index in [-0.39, 0.29) is 29.7 Å². The van der Waals surface area contributed by atoms with Gasteiger partial charge < -0.3 is 4.89 Å². The molecule has 0 rings (SSSR count). The van der Waals surface area contributed by atoms with Crippen molar-refractivity contribution in [2.75, 3.05) is 13.2 Å². The normalized spacial score (nSPS) is 10.9. The predicted molar refractivity (Wildman–Crippen MR) is 42.3 cm³/mol. The topological polar surface area (TPSA) is 55.8 Å². The van der Waals surface area contributed by atoms with Crippen LogP contribution in [0.4, 0.5) is 0 Å². The van der Waals surface area contributed by atoms with Crippen LogP contribution in [0.5, 0.6) is 0 Å². The van der Waals surface area contributed by atoms with E-state index < -0.39 is 7.82 Å². The van der Waals surface area contributed by atoms with Gasteiger partial charge in [-0.05, 0) is 12.8 Å². The molecule has 4 nitrogen and oxygen atoms in total. The van der Waals surface area contributed by atoms with Crippen LogP contribution in [0.1, 0.15) is 26.7 Å².